The molecule has 0 radical (unpaired) electrons. The zero-order valence-electron chi connectivity index (χ0n) is 15.9. The third-order valence-corrected chi connectivity index (χ3v) is 5.03. The summed E-state index contributed by atoms with van der Waals surface area (Å²) in [7, 11) is 2.69. The minimum atomic E-state index is -0.657. The number of barbiturate groups is 1. The van der Waals surface area contributed by atoms with Crippen LogP contribution in [0, 0.1) is 5.82 Å². The maximum atomic E-state index is 13.2. The van der Waals surface area contributed by atoms with E-state index in [2.05, 4.69) is 0 Å². The quantitative estimate of drug-likeness (QED) is 0.509. The van der Waals surface area contributed by atoms with Gasteiger partial charge in [-0.15, -0.1) is 0 Å². The third kappa shape index (κ3) is 3.20. The fourth-order valence-electron chi connectivity index (χ4n) is 3.44. The Morgan fingerprint density at radius 2 is 1.52 bits per heavy atom. The summed E-state index contributed by atoms with van der Waals surface area (Å²) in [6, 6.07) is 13.2. The van der Waals surface area contributed by atoms with E-state index in [1.54, 1.807) is 12.1 Å². The average molecular weight is 391 g/mol. The van der Waals surface area contributed by atoms with Crippen molar-refractivity contribution in [3.05, 3.63) is 77.2 Å². The van der Waals surface area contributed by atoms with E-state index in [0.717, 1.165) is 26.3 Å². The van der Waals surface area contributed by atoms with E-state index < -0.39 is 17.8 Å². The fourth-order valence-corrected chi connectivity index (χ4v) is 3.44. The largest absolute Gasteiger partial charge is 0.342 e. The molecule has 146 valence electrons. The van der Waals surface area contributed by atoms with E-state index in [4.69, 9.17) is 0 Å². The van der Waals surface area contributed by atoms with Gasteiger partial charge >= 0.3 is 6.03 Å². The van der Waals surface area contributed by atoms with Crippen molar-refractivity contribution in [3.63, 3.8) is 0 Å². The Hall–Kier alpha value is -3.74. The summed E-state index contributed by atoms with van der Waals surface area (Å²) >= 11 is 0. The lowest BCUT2D eigenvalue weighted by atomic mass is 10.1. The molecular weight excluding hydrogens is 373 g/mol. The number of nitrogens with zero attached hydrogens (tertiary/aromatic N) is 3. The van der Waals surface area contributed by atoms with Crippen molar-refractivity contribution in [2.24, 2.45) is 0 Å². The number of hydrogen-bond acceptors (Lipinski definition) is 3. The normalized spacial score (nSPS) is 14.9. The fraction of sp³-hybridized carbons (Fsp3) is 0.136. The van der Waals surface area contributed by atoms with Gasteiger partial charge in [-0.3, -0.25) is 19.4 Å². The zero-order chi connectivity index (χ0) is 20.7. The SMILES string of the molecule is CN1C(=O)C(=Cc2cn(Cc3ccc(F)cc3)c3ccccc23)C(=O)N(C)C1=O. The molecule has 1 aliphatic heterocycles. The molecule has 0 atom stereocenters. The van der Waals surface area contributed by atoms with Crippen LogP contribution in [0.3, 0.4) is 0 Å². The molecule has 1 fully saturated rings. The molecule has 0 saturated carbocycles. The van der Waals surface area contributed by atoms with Gasteiger partial charge < -0.3 is 4.57 Å². The number of amides is 4. The molecule has 4 amide bonds. The van der Waals surface area contributed by atoms with Crippen LogP contribution in [-0.2, 0) is 16.1 Å². The Balaban J connectivity index is 1.79. The number of urea groups is 1. The molecule has 1 aliphatic rings. The molecule has 7 heteroatoms. The molecule has 0 aliphatic carbocycles. The van der Waals surface area contributed by atoms with Crippen LogP contribution in [0.1, 0.15) is 11.1 Å². The van der Waals surface area contributed by atoms with Gasteiger partial charge in [0.15, 0.2) is 0 Å². The van der Waals surface area contributed by atoms with Crippen molar-refractivity contribution in [2.75, 3.05) is 14.1 Å². The summed E-state index contributed by atoms with van der Waals surface area (Å²) in [5.74, 6) is -1.56. The van der Waals surface area contributed by atoms with Gasteiger partial charge in [0.1, 0.15) is 11.4 Å². The van der Waals surface area contributed by atoms with Crippen molar-refractivity contribution in [1.29, 1.82) is 0 Å². The molecule has 3 aromatic rings. The maximum absolute atomic E-state index is 13.2. The lowest BCUT2D eigenvalue weighted by Crippen LogP contribution is -2.52. The number of rotatable bonds is 3. The van der Waals surface area contributed by atoms with Crippen LogP contribution in [0.2, 0.25) is 0 Å². The van der Waals surface area contributed by atoms with Gasteiger partial charge in [-0.25, -0.2) is 9.18 Å². The number of carbonyl (C=O) groups is 3. The number of imide groups is 2. The summed E-state index contributed by atoms with van der Waals surface area (Å²) in [5.41, 5.74) is 2.45. The van der Waals surface area contributed by atoms with Gasteiger partial charge in [-0.1, -0.05) is 30.3 Å². The zero-order valence-corrected chi connectivity index (χ0v) is 15.9. The summed E-state index contributed by atoms with van der Waals surface area (Å²) in [4.78, 5) is 38.8. The minimum Gasteiger partial charge on any atom is -0.342 e. The summed E-state index contributed by atoms with van der Waals surface area (Å²) in [6.45, 7) is 0.504. The number of para-hydroxylation sites is 1. The van der Waals surface area contributed by atoms with Crippen molar-refractivity contribution < 1.29 is 18.8 Å². The van der Waals surface area contributed by atoms with Crippen molar-refractivity contribution in [3.8, 4) is 0 Å². The number of fused-ring (bicyclic) bond motifs is 1. The van der Waals surface area contributed by atoms with Crippen LogP contribution < -0.4 is 0 Å². The van der Waals surface area contributed by atoms with Crippen LogP contribution in [0.5, 0.6) is 0 Å². The number of aromatic nitrogens is 1. The highest BCUT2D eigenvalue weighted by atomic mass is 19.1. The predicted octanol–water partition coefficient (Wildman–Crippen LogP) is 3.26. The molecule has 1 saturated heterocycles. The highest BCUT2D eigenvalue weighted by Gasteiger charge is 2.37. The van der Waals surface area contributed by atoms with Gasteiger partial charge in [0, 0.05) is 43.3 Å². The van der Waals surface area contributed by atoms with Crippen molar-refractivity contribution in [2.45, 2.75) is 6.54 Å². The molecule has 0 bridgehead atoms. The lowest BCUT2D eigenvalue weighted by Gasteiger charge is -2.28. The number of carbonyl (C=O) groups excluding carboxylic acids is 3. The maximum Gasteiger partial charge on any atom is 0.333 e. The van der Waals surface area contributed by atoms with Gasteiger partial charge in [0.25, 0.3) is 11.8 Å². The van der Waals surface area contributed by atoms with Crippen LogP contribution in [0.4, 0.5) is 9.18 Å². The number of hydrogen-bond donors (Lipinski definition) is 0. The molecule has 29 heavy (non-hydrogen) atoms. The molecule has 2 aromatic carbocycles. The standard InChI is InChI=1S/C22H18FN3O3/c1-24-20(27)18(21(28)25(2)22(24)29)11-15-13-26(19-6-4-3-5-17(15)19)12-14-7-9-16(23)10-8-14/h3-11,13H,12H2,1-2H3. The van der Waals surface area contributed by atoms with Gasteiger partial charge in [0.2, 0.25) is 0 Å². The highest BCUT2D eigenvalue weighted by Crippen LogP contribution is 2.26. The number of likely N-dealkylation sites (N-methyl/N-ethyl adjacent to an activating group) is 2. The molecule has 4 rings (SSSR count). The highest BCUT2D eigenvalue weighted by molar-refractivity contribution is 6.31. The molecule has 2 heterocycles. The Bertz CT molecular complexity index is 1150. The van der Waals surface area contributed by atoms with E-state index in [-0.39, 0.29) is 11.4 Å². The summed E-state index contributed by atoms with van der Waals surface area (Å²) in [5, 5.41) is 0.866. The van der Waals surface area contributed by atoms with Crippen LogP contribution in [-0.4, -0.2) is 46.3 Å². The molecule has 0 unspecified atom stereocenters. The topological polar surface area (TPSA) is 62.6 Å². The Kier molecular flexibility index (Phi) is 4.50. The Morgan fingerprint density at radius 3 is 2.17 bits per heavy atom. The first-order valence-electron chi connectivity index (χ1n) is 9.01. The van der Waals surface area contributed by atoms with E-state index in [9.17, 15) is 18.8 Å². The first-order chi connectivity index (χ1) is 13.9. The van der Waals surface area contributed by atoms with Crippen molar-refractivity contribution in [1.82, 2.24) is 14.4 Å². The number of halogens is 1. The summed E-state index contributed by atoms with van der Waals surface area (Å²) < 4.78 is 15.2. The van der Waals surface area contributed by atoms with E-state index in [1.807, 2.05) is 35.0 Å². The molecule has 6 nitrogen and oxygen atoms in total. The first kappa shape index (κ1) is 18.6. The monoisotopic (exact) mass is 391 g/mol. The summed E-state index contributed by atoms with van der Waals surface area (Å²) in [6.07, 6.45) is 3.37. The van der Waals surface area contributed by atoms with Crippen LogP contribution >= 0.6 is 0 Å². The average Bonchev–Trinajstić information content (AvgIpc) is 3.07. The van der Waals surface area contributed by atoms with Crippen LogP contribution in [0.25, 0.3) is 17.0 Å². The Labute approximate surface area is 166 Å². The second kappa shape index (κ2) is 7.01. The predicted molar refractivity (Wildman–Crippen MR) is 106 cm³/mol. The van der Waals surface area contributed by atoms with Crippen LogP contribution in [0.15, 0.2) is 60.3 Å². The second-order valence-corrected chi connectivity index (χ2v) is 6.92. The van der Waals surface area contributed by atoms with Gasteiger partial charge in [0.05, 0.1) is 0 Å². The van der Waals surface area contributed by atoms with Crippen molar-refractivity contribution >= 4 is 34.8 Å². The van der Waals surface area contributed by atoms with Gasteiger partial charge in [-0.05, 0) is 29.8 Å². The molecule has 0 spiro atoms. The third-order valence-electron chi connectivity index (χ3n) is 5.03. The molecule has 0 N–H and O–H groups in total. The lowest BCUT2D eigenvalue weighted by molar-refractivity contribution is -0.134. The first-order valence-corrected chi connectivity index (χ1v) is 9.01. The molecule has 1 aromatic heterocycles. The number of benzene rings is 2. The smallest absolute Gasteiger partial charge is 0.333 e. The minimum absolute atomic E-state index is 0.0701. The van der Waals surface area contributed by atoms with E-state index >= 15 is 0 Å². The second-order valence-electron chi connectivity index (χ2n) is 6.92. The van der Waals surface area contributed by atoms with E-state index in [1.165, 1.54) is 32.3 Å². The molecular formula is C22H18FN3O3. The van der Waals surface area contributed by atoms with E-state index in [0.29, 0.717) is 12.1 Å². The Morgan fingerprint density at radius 1 is 0.897 bits per heavy atom. The van der Waals surface area contributed by atoms with Gasteiger partial charge in [-0.2, -0.15) is 0 Å².